The number of anilines is 2. The minimum Gasteiger partial charge on any atom is -0.394 e. The second-order valence-corrected chi connectivity index (χ2v) is 4.10. The first-order valence-electron chi connectivity index (χ1n) is 5.15. The topological polar surface area (TPSA) is 76.1 Å². The molecule has 1 aromatic rings. The zero-order chi connectivity index (χ0) is 11.6. The van der Waals surface area contributed by atoms with Crippen molar-refractivity contribution in [1.29, 1.82) is 0 Å². The third kappa shape index (κ3) is 2.86. The maximum Gasteiger partial charge on any atom is 0.147 e. The molecule has 0 radical (unpaired) electrons. The Labute approximate surface area is 90.3 Å². The van der Waals surface area contributed by atoms with Crippen LogP contribution in [0.4, 0.5) is 11.5 Å². The lowest BCUT2D eigenvalue weighted by atomic mass is 10.1. The van der Waals surface area contributed by atoms with Gasteiger partial charge in [0, 0.05) is 13.1 Å². The first-order chi connectivity index (χ1) is 6.91. The summed E-state index contributed by atoms with van der Waals surface area (Å²) in [7, 11) is 1.85. The minimum atomic E-state index is -0.317. The number of nitrogens with zero attached hydrogens (tertiary/aromatic N) is 2. The van der Waals surface area contributed by atoms with Crippen LogP contribution in [0.25, 0.3) is 0 Å². The Morgan fingerprint density at radius 3 is 2.53 bits per heavy atom. The molecular formula is C10H20N4O. The quantitative estimate of drug-likeness (QED) is 0.692. The molecule has 4 N–H and O–H groups in total. The summed E-state index contributed by atoms with van der Waals surface area (Å²) in [4.78, 5) is 0. The standard InChI is InChI=1S/C10H20N4O/c1-6(5-7(2)15)12-10-9(11)8(3)13-14(10)4/h6-7,12,15H,5,11H2,1-4H3. The lowest BCUT2D eigenvalue weighted by molar-refractivity contribution is 0.179. The highest BCUT2D eigenvalue weighted by molar-refractivity contribution is 5.64. The summed E-state index contributed by atoms with van der Waals surface area (Å²) in [6, 6.07) is 0.169. The summed E-state index contributed by atoms with van der Waals surface area (Å²) in [5.41, 5.74) is 7.37. The maximum absolute atomic E-state index is 9.25. The molecule has 5 nitrogen and oxygen atoms in total. The Balaban J connectivity index is 2.71. The van der Waals surface area contributed by atoms with Crippen LogP contribution >= 0.6 is 0 Å². The van der Waals surface area contributed by atoms with Gasteiger partial charge in [-0.25, -0.2) is 0 Å². The lowest BCUT2D eigenvalue weighted by Gasteiger charge is -2.17. The van der Waals surface area contributed by atoms with Crippen LogP contribution in [0.3, 0.4) is 0 Å². The van der Waals surface area contributed by atoms with Gasteiger partial charge >= 0.3 is 0 Å². The van der Waals surface area contributed by atoms with Gasteiger partial charge in [-0.2, -0.15) is 5.10 Å². The molecule has 0 spiro atoms. The van der Waals surface area contributed by atoms with Gasteiger partial charge < -0.3 is 16.2 Å². The van der Waals surface area contributed by atoms with E-state index in [9.17, 15) is 5.11 Å². The number of aryl methyl sites for hydroxylation is 2. The lowest BCUT2D eigenvalue weighted by Crippen LogP contribution is -2.22. The van der Waals surface area contributed by atoms with E-state index >= 15 is 0 Å². The molecule has 15 heavy (non-hydrogen) atoms. The normalized spacial score (nSPS) is 15.0. The predicted octanol–water partition coefficient (Wildman–Crippen LogP) is 0.882. The average Bonchev–Trinajstić information content (AvgIpc) is 2.31. The Morgan fingerprint density at radius 1 is 1.53 bits per heavy atom. The van der Waals surface area contributed by atoms with E-state index in [1.807, 2.05) is 20.9 Å². The van der Waals surface area contributed by atoms with Gasteiger partial charge in [0.05, 0.1) is 17.5 Å². The number of hydrogen-bond donors (Lipinski definition) is 3. The molecule has 2 unspecified atom stereocenters. The average molecular weight is 212 g/mol. The summed E-state index contributed by atoms with van der Waals surface area (Å²) in [5.74, 6) is 0.820. The Morgan fingerprint density at radius 2 is 2.13 bits per heavy atom. The molecule has 0 aliphatic heterocycles. The second-order valence-electron chi connectivity index (χ2n) is 4.10. The number of nitrogens with one attached hydrogen (secondary N) is 1. The number of hydrogen-bond acceptors (Lipinski definition) is 4. The van der Waals surface area contributed by atoms with Gasteiger partial charge in [-0.15, -0.1) is 0 Å². The highest BCUT2D eigenvalue weighted by atomic mass is 16.3. The third-order valence-electron chi connectivity index (χ3n) is 2.35. The van der Waals surface area contributed by atoms with Gasteiger partial charge in [0.15, 0.2) is 0 Å². The van der Waals surface area contributed by atoms with Gasteiger partial charge in [0.1, 0.15) is 5.82 Å². The van der Waals surface area contributed by atoms with Crippen molar-refractivity contribution in [3.63, 3.8) is 0 Å². The fourth-order valence-corrected chi connectivity index (χ4v) is 1.65. The van der Waals surface area contributed by atoms with E-state index in [1.165, 1.54) is 0 Å². The van der Waals surface area contributed by atoms with E-state index in [4.69, 9.17) is 5.73 Å². The Hall–Kier alpha value is -1.23. The van der Waals surface area contributed by atoms with Crippen LogP contribution in [-0.2, 0) is 7.05 Å². The minimum absolute atomic E-state index is 0.169. The van der Waals surface area contributed by atoms with Crippen LogP contribution in [0.2, 0.25) is 0 Å². The highest BCUT2D eigenvalue weighted by Gasteiger charge is 2.13. The highest BCUT2D eigenvalue weighted by Crippen LogP contribution is 2.22. The summed E-state index contributed by atoms with van der Waals surface area (Å²) >= 11 is 0. The van der Waals surface area contributed by atoms with Crippen molar-refractivity contribution in [1.82, 2.24) is 9.78 Å². The first kappa shape index (κ1) is 11.8. The van der Waals surface area contributed by atoms with Crippen LogP contribution in [0.15, 0.2) is 0 Å². The van der Waals surface area contributed by atoms with Gasteiger partial charge in [-0.3, -0.25) is 4.68 Å². The number of aliphatic hydroxyl groups is 1. The van der Waals surface area contributed by atoms with E-state index in [0.29, 0.717) is 12.1 Å². The predicted molar refractivity (Wildman–Crippen MR) is 61.7 cm³/mol. The van der Waals surface area contributed by atoms with E-state index < -0.39 is 0 Å². The molecule has 0 aromatic carbocycles. The maximum atomic E-state index is 9.25. The molecule has 86 valence electrons. The van der Waals surface area contributed by atoms with Crippen molar-refractivity contribution in [2.75, 3.05) is 11.1 Å². The van der Waals surface area contributed by atoms with Crippen molar-refractivity contribution < 1.29 is 5.11 Å². The van der Waals surface area contributed by atoms with Crippen LogP contribution in [-0.4, -0.2) is 27.0 Å². The Kier molecular flexibility index (Phi) is 3.57. The molecule has 0 aliphatic carbocycles. The molecule has 1 aromatic heterocycles. The Bertz CT molecular complexity index is 332. The van der Waals surface area contributed by atoms with Crippen LogP contribution in [0, 0.1) is 6.92 Å². The number of rotatable bonds is 4. The molecule has 1 heterocycles. The van der Waals surface area contributed by atoms with Crippen molar-refractivity contribution in [2.24, 2.45) is 7.05 Å². The molecule has 0 amide bonds. The third-order valence-corrected chi connectivity index (χ3v) is 2.35. The molecule has 0 fully saturated rings. The summed E-state index contributed by atoms with van der Waals surface area (Å²) in [5, 5.41) is 16.7. The molecule has 2 atom stereocenters. The van der Waals surface area contributed by atoms with Crippen molar-refractivity contribution in [3.05, 3.63) is 5.69 Å². The number of nitrogen functional groups attached to an aromatic ring is 1. The van der Waals surface area contributed by atoms with E-state index in [1.54, 1.807) is 11.6 Å². The molecular weight excluding hydrogens is 192 g/mol. The molecule has 0 aliphatic rings. The number of nitrogens with two attached hydrogens (primary N) is 1. The van der Waals surface area contributed by atoms with Crippen LogP contribution in [0.5, 0.6) is 0 Å². The first-order valence-corrected chi connectivity index (χ1v) is 5.15. The largest absolute Gasteiger partial charge is 0.394 e. The summed E-state index contributed by atoms with van der Waals surface area (Å²) in [6.07, 6.45) is 0.368. The number of aliphatic hydroxyl groups excluding tert-OH is 1. The molecule has 5 heteroatoms. The molecule has 0 saturated heterocycles. The van der Waals surface area contributed by atoms with Gasteiger partial charge in [0.25, 0.3) is 0 Å². The monoisotopic (exact) mass is 212 g/mol. The van der Waals surface area contributed by atoms with E-state index in [2.05, 4.69) is 10.4 Å². The zero-order valence-electron chi connectivity index (χ0n) is 9.78. The zero-order valence-corrected chi connectivity index (χ0v) is 9.78. The van der Waals surface area contributed by atoms with Crippen LogP contribution in [0.1, 0.15) is 26.0 Å². The molecule has 0 bridgehead atoms. The van der Waals surface area contributed by atoms with Crippen LogP contribution < -0.4 is 11.1 Å². The van der Waals surface area contributed by atoms with Gasteiger partial charge in [-0.1, -0.05) is 0 Å². The van der Waals surface area contributed by atoms with Crippen molar-refractivity contribution in [2.45, 2.75) is 39.3 Å². The fraction of sp³-hybridized carbons (Fsp3) is 0.700. The SMILES string of the molecule is Cc1nn(C)c(NC(C)CC(C)O)c1N. The fourth-order valence-electron chi connectivity index (χ4n) is 1.65. The second kappa shape index (κ2) is 4.53. The summed E-state index contributed by atoms with van der Waals surface area (Å²) < 4.78 is 1.73. The van der Waals surface area contributed by atoms with Crippen molar-refractivity contribution >= 4 is 11.5 Å². The van der Waals surface area contributed by atoms with E-state index in [0.717, 1.165) is 11.5 Å². The summed E-state index contributed by atoms with van der Waals surface area (Å²) in [6.45, 7) is 5.66. The molecule has 1 rings (SSSR count). The van der Waals surface area contributed by atoms with Gasteiger partial charge in [0.2, 0.25) is 0 Å². The van der Waals surface area contributed by atoms with Crippen molar-refractivity contribution in [3.8, 4) is 0 Å². The molecule has 0 saturated carbocycles. The van der Waals surface area contributed by atoms with E-state index in [-0.39, 0.29) is 12.1 Å². The van der Waals surface area contributed by atoms with Gasteiger partial charge in [-0.05, 0) is 27.2 Å². The number of aromatic nitrogens is 2. The smallest absolute Gasteiger partial charge is 0.147 e.